The van der Waals surface area contributed by atoms with Crippen LogP contribution in [0.25, 0.3) is 11.0 Å². The predicted octanol–water partition coefficient (Wildman–Crippen LogP) is 1.37. The monoisotopic (exact) mass is 312 g/mol. The minimum atomic E-state index is -0.796. The summed E-state index contributed by atoms with van der Waals surface area (Å²) in [5.74, 6) is 0.409. The summed E-state index contributed by atoms with van der Waals surface area (Å²) in [6.45, 7) is 6.18. The number of hydrogen-bond donors (Lipinski definition) is 1. The zero-order valence-electron chi connectivity index (χ0n) is 13.4. The van der Waals surface area contributed by atoms with Gasteiger partial charge in [-0.3, -0.25) is 9.59 Å². The molecule has 1 atom stereocenters. The van der Waals surface area contributed by atoms with Crippen LogP contribution >= 0.6 is 0 Å². The summed E-state index contributed by atoms with van der Waals surface area (Å²) in [7, 11) is 1.93. The first-order valence-corrected chi connectivity index (χ1v) is 7.60. The third kappa shape index (κ3) is 2.40. The van der Waals surface area contributed by atoms with Gasteiger partial charge in [-0.2, -0.15) is 0 Å². The van der Waals surface area contributed by atoms with Gasteiger partial charge in [-0.15, -0.1) is 0 Å². The minimum absolute atomic E-state index is 0.161. The molecule has 1 aromatic carbocycles. The normalized spacial score (nSPS) is 20.2. The Hall–Kier alpha value is -2.63. The zero-order chi connectivity index (χ0) is 16.6. The average Bonchev–Trinajstić information content (AvgIpc) is 2.87. The van der Waals surface area contributed by atoms with E-state index in [0.29, 0.717) is 19.5 Å². The molecule has 120 valence electrons. The largest absolute Gasteiger partial charge is 0.347 e. The van der Waals surface area contributed by atoms with Crippen LogP contribution in [0.3, 0.4) is 0 Å². The first kappa shape index (κ1) is 15.3. The van der Waals surface area contributed by atoms with Crippen molar-refractivity contribution in [2.75, 3.05) is 6.54 Å². The van der Waals surface area contributed by atoms with Crippen molar-refractivity contribution in [3.05, 3.63) is 42.7 Å². The fourth-order valence-electron chi connectivity index (χ4n) is 2.96. The Morgan fingerprint density at radius 1 is 1.43 bits per heavy atom. The van der Waals surface area contributed by atoms with Crippen molar-refractivity contribution < 1.29 is 9.59 Å². The lowest BCUT2D eigenvalue weighted by Crippen LogP contribution is -2.67. The van der Waals surface area contributed by atoms with Crippen LogP contribution in [0.1, 0.15) is 19.2 Å². The van der Waals surface area contributed by atoms with E-state index in [9.17, 15) is 9.59 Å². The number of fused-ring (bicyclic) bond motifs is 1. The Morgan fingerprint density at radius 2 is 2.17 bits per heavy atom. The van der Waals surface area contributed by atoms with Crippen molar-refractivity contribution in [3.63, 3.8) is 0 Å². The highest BCUT2D eigenvalue weighted by atomic mass is 16.2. The summed E-state index contributed by atoms with van der Waals surface area (Å²) >= 11 is 0. The van der Waals surface area contributed by atoms with E-state index in [4.69, 9.17) is 0 Å². The molecule has 23 heavy (non-hydrogen) atoms. The van der Waals surface area contributed by atoms with Crippen LogP contribution in [0.5, 0.6) is 0 Å². The van der Waals surface area contributed by atoms with Crippen molar-refractivity contribution in [3.8, 4) is 0 Å². The number of carbonyl (C=O) groups is 2. The maximum Gasteiger partial charge on any atom is 0.246 e. The molecular weight excluding hydrogens is 292 g/mol. The smallest absolute Gasteiger partial charge is 0.246 e. The molecule has 0 saturated carbocycles. The summed E-state index contributed by atoms with van der Waals surface area (Å²) < 4.78 is 1.96. The van der Waals surface area contributed by atoms with E-state index in [2.05, 4.69) is 16.9 Å². The summed E-state index contributed by atoms with van der Waals surface area (Å²) in [6.07, 6.45) is 1.90. The molecule has 1 aromatic heterocycles. The van der Waals surface area contributed by atoms with E-state index in [1.165, 1.54) is 6.08 Å². The fraction of sp³-hybridized carbons (Fsp3) is 0.353. The molecule has 0 radical (unpaired) electrons. The number of amides is 2. The van der Waals surface area contributed by atoms with Gasteiger partial charge in [-0.1, -0.05) is 18.7 Å². The number of hydrogen-bond acceptors (Lipinski definition) is 3. The number of rotatable bonds is 4. The van der Waals surface area contributed by atoms with Crippen LogP contribution in [0, 0.1) is 0 Å². The Kier molecular flexibility index (Phi) is 3.67. The number of likely N-dealkylation sites (tertiary alicyclic amines) is 1. The Balaban J connectivity index is 1.72. The van der Waals surface area contributed by atoms with Gasteiger partial charge in [0.1, 0.15) is 11.4 Å². The second-order valence-corrected chi connectivity index (χ2v) is 5.98. The third-order valence-corrected chi connectivity index (χ3v) is 4.63. The molecular formula is C17H20N4O2. The lowest BCUT2D eigenvalue weighted by atomic mass is 9.85. The highest BCUT2D eigenvalue weighted by Crippen LogP contribution is 2.30. The summed E-state index contributed by atoms with van der Waals surface area (Å²) in [5.41, 5.74) is 1.13. The quantitative estimate of drug-likeness (QED) is 0.867. The number of aryl methyl sites for hydroxylation is 1. The lowest BCUT2D eigenvalue weighted by molar-refractivity contribution is -0.154. The van der Waals surface area contributed by atoms with E-state index in [-0.39, 0.29) is 11.8 Å². The van der Waals surface area contributed by atoms with Crippen molar-refractivity contribution in [2.24, 2.45) is 7.05 Å². The molecule has 2 aromatic rings. The molecule has 6 heteroatoms. The van der Waals surface area contributed by atoms with Crippen molar-refractivity contribution in [1.82, 2.24) is 19.8 Å². The van der Waals surface area contributed by atoms with E-state index >= 15 is 0 Å². The molecule has 1 aliphatic rings. The topological polar surface area (TPSA) is 67.2 Å². The Morgan fingerprint density at radius 3 is 2.78 bits per heavy atom. The first-order chi connectivity index (χ1) is 11.0. The number of nitrogens with zero attached hydrogens (tertiary/aromatic N) is 3. The molecule has 1 aliphatic heterocycles. The van der Waals surface area contributed by atoms with Gasteiger partial charge in [0.2, 0.25) is 11.8 Å². The van der Waals surface area contributed by atoms with Gasteiger partial charge < -0.3 is 14.8 Å². The molecule has 1 fully saturated rings. The second-order valence-electron chi connectivity index (χ2n) is 5.98. The summed E-state index contributed by atoms with van der Waals surface area (Å²) in [4.78, 5) is 30.4. The van der Waals surface area contributed by atoms with E-state index in [1.54, 1.807) is 11.8 Å². The molecule has 1 saturated heterocycles. The number of carbonyl (C=O) groups excluding carboxylic acids is 2. The molecule has 1 N–H and O–H groups in total. The van der Waals surface area contributed by atoms with Gasteiger partial charge in [-0.05, 0) is 31.6 Å². The van der Waals surface area contributed by atoms with Gasteiger partial charge >= 0.3 is 0 Å². The molecule has 0 aliphatic carbocycles. The van der Waals surface area contributed by atoms with Gasteiger partial charge in [0.15, 0.2) is 0 Å². The number of benzene rings is 1. The number of para-hydroxylation sites is 2. The number of imidazole rings is 1. The van der Waals surface area contributed by atoms with E-state index in [1.807, 2.05) is 35.9 Å². The minimum Gasteiger partial charge on any atom is -0.347 e. The van der Waals surface area contributed by atoms with Crippen molar-refractivity contribution >= 4 is 22.8 Å². The standard InChI is InChI=1S/C17H20N4O2/c1-4-15(22)21-10-9-17(21,2)16(23)18-11-14-19-12-7-5-6-8-13(12)20(14)3/h4-8H,1,9-11H2,2-3H3,(H,18,23). The van der Waals surface area contributed by atoms with Crippen LogP contribution in [0.4, 0.5) is 0 Å². The third-order valence-electron chi connectivity index (χ3n) is 4.63. The van der Waals surface area contributed by atoms with Crippen LogP contribution in [0.15, 0.2) is 36.9 Å². The van der Waals surface area contributed by atoms with Crippen molar-refractivity contribution in [2.45, 2.75) is 25.4 Å². The average molecular weight is 312 g/mol. The van der Waals surface area contributed by atoms with E-state index in [0.717, 1.165) is 16.9 Å². The van der Waals surface area contributed by atoms with E-state index < -0.39 is 5.54 Å². The van der Waals surface area contributed by atoms with Gasteiger partial charge in [0.25, 0.3) is 0 Å². The molecule has 1 unspecified atom stereocenters. The molecule has 0 spiro atoms. The maximum atomic E-state index is 12.5. The highest BCUT2D eigenvalue weighted by Gasteiger charge is 2.48. The number of nitrogens with one attached hydrogen (secondary N) is 1. The van der Waals surface area contributed by atoms with Crippen LogP contribution in [-0.2, 0) is 23.2 Å². The molecule has 0 bridgehead atoms. The van der Waals surface area contributed by atoms with Crippen LogP contribution in [0.2, 0.25) is 0 Å². The van der Waals surface area contributed by atoms with Gasteiger partial charge in [-0.25, -0.2) is 4.98 Å². The van der Waals surface area contributed by atoms with Crippen molar-refractivity contribution in [1.29, 1.82) is 0 Å². The SMILES string of the molecule is C=CC(=O)N1CCC1(C)C(=O)NCc1nc2ccccc2n1C. The molecule has 2 heterocycles. The molecule has 3 rings (SSSR count). The van der Waals surface area contributed by atoms with Crippen LogP contribution < -0.4 is 5.32 Å². The number of aromatic nitrogens is 2. The second kappa shape index (κ2) is 5.53. The fourth-order valence-corrected chi connectivity index (χ4v) is 2.96. The summed E-state index contributed by atoms with van der Waals surface area (Å²) in [6, 6.07) is 7.83. The Bertz CT molecular complexity index is 795. The lowest BCUT2D eigenvalue weighted by Gasteiger charge is -2.48. The van der Waals surface area contributed by atoms with Gasteiger partial charge in [0.05, 0.1) is 17.6 Å². The van der Waals surface area contributed by atoms with Crippen LogP contribution in [-0.4, -0.2) is 38.3 Å². The zero-order valence-corrected chi connectivity index (χ0v) is 13.4. The predicted molar refractivity (Wildman–Crippen MR) is 87.5 cm³/mol. The molecule has 2 amide bonds. The van der Waals surface area contributed by atoms with Gasteiger partial charge in [0, 0.05) is 13.6 Å². The summed E-state index contributed by atoms with van der Waals surface area (Å²) in [5, 5.41) is 2.90. The Labute approximate surface area is 134 Å². The highest BCUT2D eigenvalue weighted by molar-refractivity contribution is 5.96. The molecule has 6 nitrogen and oxygen atoms in total. The first-order valence-electron chi connectivity index (χ1n) is 7.60. The maximum absolute atomic E-state index is 12.5.